The molecule has 0 aliphatic carbocycles. The van der Waals surface area contributed by atoms with Gasteiger partial charge in [-0.2, -0.15) is 11.8 Å². The Balaban J connectivity index is 1.88. The Kier molecular flexibility index (Phi) is 12.7. The lowest BCUT2D eigenvalue weighted by atomic mass is 9.93. The lowest BCUT2D eigenvalue weighted by molar-refractivity contribution is -0.139. The summed E-state index contributed by atoms with van der Waals surface area (Å²) < 4.78 is 6.51. The van der Waals surface area contributed by atoms with E-state index >= 15 is 0 Å². The molecule has 2 N–H and O–H groups in total. The number of hydrogen-bond donors (Lipinski definition) is 2. The number of thioether (sulfide) groups is 1. The largest absolute Gasteiger partial charge is 0.480 e. The molecule has 6 nitrogen and oxygen atoms in total. The van der Waals surface area contributed by atoms with Gasteiger partial charge in [-0.15, -0.1) is 11.3 Å². The highest BCUT2D eigenvalue weighted by Gasteiger charge is 2.23. The van der Waals surface area contributed by atoms with E-state index in [4.69, 9.17) is 4.74 Å². The number of carboxylic acids is 1. The van der Waals surface area contributed by atoms with Crippen molar-refractivity contribution >= 4 is 35.0 Å². The van der Waals surface area contributed by atoms with Crippen LogP contribution in [0.5, 0.6) is 0 Å². The summed E-state index contributed by atoms with van der Waals surface area (Å²) in [5.74, 6) is -0.754. The van der Waals surface area contributed by atoms with E-state index in [0.29, 0.717) is 24.3 Å². The van der Waals surface area contributed by atoms with Gasteiger partial charge in [0.25, 0.3) is 5.91 Å². The van der Waals surface area contributed by atoms with Crippen LogP contribution in [0.1, 0.15) is 70.0 Å². The Morgan fingerprint density at radius 2 is 1.85 bits per heavy atom. The first-order chi connectivity index (χ1) is 19.2. The van der Waals surface area contributed by atoms with E-state index in [1.807, 2.05) is 60.9 Å². The quantitative estimate of drug-likeness (QED) is 0.186. The maximum atomic E-state index is 13.4. The molecule has 8 heteroatoms. The third-order valence-electron chi connectivity index (χ3n) is 6.72. The van der Waals surface area contributed by atoms with Crippen molar-refractivity contribution in [2.24, 2.45) is 0 Å². The Morgan fingerprint density at radius 1 is 1.07 bits per heavy atom. The van der Waals surface area contributed by atoms with Crippen molar-refractivity contribution < 1.29 is 19.4 Å². The summed E-state index contributed by atoms with van der Waals surface area (Å²) in [5, 5.41) is 12.4. The van der Waals surface area contributed by atoms with Crippen LogP contribution in [-0.4, -0.2) is 54.0 Å². The Morgan fingerprint density at radius 3 is 2.52 bits per heavy atom. The van der Waals surface area contributed by atoms with Crippen molar-refractivity contribution in [2.75, 3.05) is 26.1 Å². The minimum Gasteiger partial charge on any atom is -0.480 e. The van der Waals surface area contributed by atoms with Gasteiger partial charge in [0.15, 0.2) is 0 Å². The Bertz CT molecular complexity index is 1260. The Labute approximate surface area is 247 Å². The molecular formula is C32H42N2O4S2. The van der Waals surface area contributed by atoms with E-state index in [0.717, 1.165) is 48.1 Å². The minimum absolute atomic E-state index is 0.0125. The number of amides is 1. The first-order valence-electron chi connectivity index (χ1n) is 13.8. The summed E-state index contributed by atoms with van der Waals surface area (Å²) in [6.07, 6.45) is 5.44. The number of nitrogens with one attached hydrogen (secondary N) is 1. The molecule has 0 bridgehead atoms. The molecule has 0 saturated heterocycles. The van der Waals surface area contributed by atoms with E-state index in [2.05, 4.69) is 43.4 Å². The fourth-order valence-electron chi connectivity index (χ4n) is 4.56. The van der Waals surface area contributed by atoms with Gasteiger partial charge in [-0.05, 0) is 92.4 Å². The van der Waals surface area contributed by atoms with Gasteiger partial charge < -0.3 is 20.1 Å². The zero-order chi connectivity index (χ0) is 29.1. The third kappa shape index (κ3) is 9.20. The third-order valence-corrected chi connectivity index (χ3v) is 8.53. The average molecular weight is 583 g/mol. The fraction of sp³-hybridized carbons (Fsp3) is 0.438. The van der Waals surface area contributed by atoms with Crippen LogP contribution < -0.4 is 5.32 Å². The highest BCUT2D eigenvalue weighted by Crippen LogP contribution is 2.33. The minimum atomic E-state index is -1.02. The van der Waals surface area contributed by atoms with E-state index in [-0.39, 0.29) is 12.0 Å². The molecule has 3 aromatic rings. The number of aryl methyl sites for hydroxylation is 1. The van der Waals surface area contributed by atoms with Crippen molar-refractivity contribution in [3.05, 3.63) is 81.0 Å². The molecule has 1 amide bonds. The molecule has 0 aliphatic heterocycles. The first-order valence-corrected chi connectivity index (χ1v) is 16.0. The summed E-state index contributed by atoms with van der Waals surface area (Å²) in [4.78, 5) is 29.9. The highest BCUT2D eigenvalue weighted by atomic mass is 32.2. The number of hydrogen-bond acceptors (Lipinski definition) is 6. The maximum Gasteiger partial charge on any atom is 0.326 e. The lowest BCUT2D eigenvalue weighted by Crippen LogP contribution is -2.41. The number of rotatable bonds is 16. The Hall–Kier alpha value is -2.65. The van der Waals surface area contributed by atoms with E-state index < -0.39 is 12.0 Å². The molecule has 3 rings (SSSR count). The first kappa shape index (κ1) is 31.9. The molecule has 0 aliphatic rings. The molecule has 2 atom stereocenters. The number of aliphatic carboxylic acids is 1. The summed E-state index contributed by atoms with van der Waals surface area (Å²) in [6, 6.07) is 17.1. The number of carbonyl (C=O) groups excluding carboxylic acids is 1. The van der Waals surface area contributed by atoms with Gasteiger partial charge >= 0.3 is 5.97 Å². The van der Waals surface area contributed by atoms with Crippen molar-refractivity contribution in [1.82, 2.24) is 10.2 Å². The van der Waals surface area contributed by atoms with Crippen LogP contribution in [0.4, 0.5) is 0 Å². The average Bonchev–Trinajstić information content (AvgIpc) is 3.38. The van der Waals surface area contributed by atoms with Gasteiger partial charge in [0, 0.05) is 21.9 Å². The van der Waals surface area contributed by atoms with E-state index in [1.165, 1.54) is 9.75 Å². The molecule has 0 unspecified atom stereocenters. The van der Waals surface area contributed by atoms with Gasteiger partial charge in [0.2, 0.25) is 0 Å². The van der Waals surface area contributed by atoms with Crippen molar-refractivity contribution in [2.45, 2.75) is 64.8 Å². The zero-order valence-electron chi connectivity index (χ0n) is 24.2. The molecule has 1 heterocycles. The topological polar surface area (TPSA) is 78.9 Å². The van der Waals surface area contributed by atoms with Gasteiger partial charge in [-0.25, -0.2) is 4.79 Å². The predicted octanol–water partition coefficient (Wildman–Crippen LogP) is 7.17. The number of carboxylic acid groups (broad SMARTS) is 1. The van der Waals surface area contributed by atoms with Crippen LogP contribution in [0.25, 0.3) is 11.1 Å². The summed E-state index contributed by atoms with van der Waals surface area (Å²) >= 11 is 3.37. The van der Waals surface area contributed by atoms with E-state index in [9.17, 15) is 14.7 Å². The fourth-order valence-corrected chi connectivity index (χ4v) is 6.25. The second kappa shape index (κ2) is 16.0. The van der Waals surface area contributed by atoms with Crippen LogP contribution in [0, 0.1) is 6.92 Å². The van der Waals surface area contributed by atoms with Gasteiger partial charge in [-0.1, -0.05) is 50.1 Å². The SMILES string of the molecule is CCCC[C@@H](OCc1ccc(C(=O)N[C@@H](CCSC)C(=O)O)c(-c2ccccc2C)c1)c1ccc(CN(C)C)s1. The standard InChI is InChI=1S/C32H42N2O4S2/c1-6-7-12-29(30-16-14-24(40-30)20-34(3)4)38-21-23-13-15-26(27(19-23)25-11-9-8-10-22(25)2)31(35)33-28(32(36)37)17-18-39-5/h8-11,13-16,19,28-29H,6-7,12,17-18,20-21H2,1-5H3,(H,33,35)(H,36,37)/t28-,29+/m0/s1. The molecule has 1 aromatic heterocycles. The molecular weight excluding hydrogens is 540 g/mol. The normalized spacial score (nSPS) is 12.8. The molecule has 0 fully saturated rings. The van der Waals surface area contributed by atoms with Crippen molar-refractivity contribution in [1.29, 1.82) is 0 Å². The molecule has 0 saturated carbocycles. The highest BCUT2D eigenvalue weighted by molar-refractivity contribution is 7.98. The van der Waals surface area contributed by atoms with Crippen LogP contribution in [-0.2, 0) is 22.7 Å². The van der Waals surface area contributed by atoms with Crippen LogP contribution >= 0.6 is 23.1 Å². The van der Waals surface area contributed by atoms with Crippen molar-refractivity contribution in [3.63, 3.8) is 0 Å². The van der Waals surface area contributed by atoms with Crippen LogP contribution in [0.15, 0.2) is 54.6 Å². The summed E-state index contributed by atoms with van der Waals surface area (Å²) in [7, 11) is 4.15. The molecule has 2 aromatic carbocycles. The molecule has 216 valence electrons. The second-order valence-electron chi connectivity index (χ2n) is 10.3. The molecule has 40 heavy (non-hydrogen) atoms. The summed E-state index contributed by atoms with van der Waals surface area (Å²) in [5.41, 5.74) is 4.19. The van der Waals surface area contributed by atoms with Gasteiger partial charge in [-0.3, -0.25) is 4.79 Å². The second-order valence-corrected chi connectivity index (χ2v) is 12.5. The number of ether oxygens (including phenoxy) is 1. The van der Waals surface area contributed by atoms with Crippen molar-refractivity contribution in [3.8, 4) is 11.1 Å². The predicted molar refractivity (Wildman–Crippen MR) is 167 cm³/mol. The number of nitrogens with zero attached hydrogens (tertiary/aromatic N) is 1. The van der Waals surface area contributed by atoms with Gasteiger partial charge in [0.05, 0.1) is 12.7 Å². The number of benzene rings is 2. The summed E-state index contributed by atoms with van der Waals surface area (Å²) in [6.45, 7) is 5.54. The van der Waals surface area contributed by atoms with E-state index in [1.54, 1.807) is 17.8 Å². The number of unbranched alkanes of at least 4 members (excludes halogenated alkanes) is 1. The smallest absolute Gasteiger partial charge is 0.326 e. The molecule has 0 spiro atoms. The van der Waals surface area contributed by atoms with Crippen LogP contribution in [0.3, 0.4) is 0 Å². The molecule has 0 radical (unpaired) electrons. The zero-order valence-corrected chi connectivity index (χ0v) is 25.9. The number of carbonyl (C=O) groups is 2. The van der Waals surface area contributed by atoms with Crippen LogP contribution in [0.2, 0.25) is 0 Å². The van der Waals surface area contributed by atoms with Gasteiger partial charge in [0.1, 0.15) is 6.04 Å². The maximum absolute atomic E-state index is 13.4. The monoisotopic (exact) mass is 582 g/mol. The number of thiophene rings is 1. The lowest BCUT2D eigenvalue weighted by Gasteiger charge is -2.19.